The van der Waals surface area contributed by atoms with Gasteiger partial charge in [0.2, 0.25) is 5.91 Å². The predicted octanol–water partition coefficient (Wildman–Crippen LogP) is 2.91. The Balaban J connectivity index is 1.50. The van der Waals surface area contributed by atoms with Gasteiger partial charge < -0.3 is 15.4 Å². The summed E-state index contributed by atoms with van der Waals surface area (Å²) in [5.74, 6) is 0.558. The van der Waals surface area contributed by atoms with E-state index in [0.29, 0.717) is 28.8 Å². The SMILES string of the molecule is NC(=O)c1cccc(C[C@H]2CCN(C(=O)COc3ccc(Cl)cc3)C2)c1. The second-order valence-electron chi connectivity index (χ2n) is 6.51. The quantitative estimate of drug-likeness (QED) is 0.847. The highest BCUT2D eigenvalue weighted by Gasteiger charge is 2.26. The summed E-state index contributed by atoms with van der Waals surface area (Å²) < 4.78 is 5.53. The Morgan fingerprint density at radius 2 is 1.96 bits per heavy atom. The van der Waals surface area contributed by atoms with E-state index in [-0.39, 0.29) is 12.5 Å². The molecule has 136 valence electrons. The molecule has 2 aromatic rings. The van der Waals surface area contributed by atoms with Gasteiger partial charge in [0.05, 0.1) is 0 Å². The molecule has 6 heteroatoms. The summed E-state index contributed by atoms with van der Waals surface area (Å²) in [6.45, 7) is 1.44. The Morgan fingerprint density at radius 3 is 2.69 bits per heavy atom. The Morgan fingerprint density at radius 1 is 1.19 bits per heavy atom. The Labute approximate surface area is 157 Å². The molecule has 0 bridgehead atoms. The number of hydrogen-bond acceptors (Lipinski definition) is 3. The van der Waals surface area contributed by atoms with Crippen LogP contribution in [0.2, 0.25) is 5.02 Å². The third kappa shape index (κ3) is 4.76. The van der Waals surface area contributed by atoms with Gasteiger partial charge in [-0.2, -0.15) is 0 Å². The van der Waals surface area contributed by atoms with E-state index in [0.717, 1.165) is 24.9 Å². The van der Waals surface area contributed by atoms with Gasteiger partial charge >= 0.3 is 0 Å². The molecule has 1 aliphatic heterocycles. The van der Waals surface area contributed by atoms with Gasteiger partial charge in [-0.3, -0.25) is 9.59 Å². The van der Waals surface area contributed by atoms with Crippen molar-refractivity contribution < 1.29 is 14.3 Å². The third-order valence-corrected chi connectivity index (χ3v) is 4.80. The molecule has 26 heavy (non-hydrogen) atoms. The molecule has 0 saturated carbocycles. The second-order valence-corrected chi connectivity index (χ2v) is 6.94. The van der Waals surface area contributed by atoms with Crippen LogP contribution in [0.5, 0.6) is 5.75 Å². The topological polar surface area (TPSA) is 72.6 Å². The summed E-state index contributed by atoms with van der Waals surface area (Å²) >= 11 is 5.83. The number of primary amides is 1. The average molecular weight is 373 g/mol. The van der Waals surface area contributed by atoms with Crippen LogP contribution >= 0.6 is 11.6 Å². The van der Waals surface area contributed by atoms with E-state index in [4.69, 9.17) is 22.1 Å². The Bertz CT molecular complexity index is 792. The van der Waals surface area contributed by atoms with Crippen LogP contribution in [0.1, 0.15) is 22.3 Å². The number of amides is 2. The maximum absolute atomic E-state index is 12.3. The fourth-order valence-corrected chi connectivity index (χ4v) is 3.30. The number of ether oxygens (including phenoxy) is 1. The van der Waals surface area contributed by atoms with Gasteiger partial charge in [-0.1, -0.05) is 23.7 Å². The molecule has 1 aliphatic rings. The minimum atomic E-state index is -0.422. The first-order chi connectivity index (χ1) is 12.5. The van der Waals surface area contributed by atoms with Crippen molar-refractivity contribution in [1.82, 2.24) is 4.90 Å². The largest absolute Gasteiger partial charge is 0.484 e. The van der Waals surface area contributed by atoms with Crippen molar-refractivity contribution in [3.8, 4) is 5.75 Å². The van der Waals surface area contributed by atoms with Crippen LogP contribution in [0.3, 0.4) is 0 Å². The lowest BCUT2D eigenvalue weighted by molar-refractivity contribution is -0.132. The molecule has 1 fully saturated rings. The Hall–Kier alpha value is -2.53. The van der Waals surface area contributed by atoms with Crippen molar-refractivity contribution in [3.05, 3.63) is 64.7 Å². The van der Waals surface area contributed by atoms with E-state index in [1.807, 2.05) is 23.1 Å². The molecular weight excluding hydrogens is 352 g/mol. The van der Waals surface area contributed by atoms with E-state index in [2.05, 4.69) is 0 Å². The highest BCUT2D eigenvalue weighted by Crippen LogP contribution is 2.22. The lowest BCUT2D eigenvalue weighted by atomic mass is 9.97. The number of carbonyl (C=O) groups excluding carboxylic acids is 2. The average Bonchev–Trinajstić information content (AvgIpc) is 3.10. The molecule has 3 rings (SSSR count). The summed E-state index contributed by atoms with van der Waals surface area (Å²) in [4.78, 5) is 25.5. The first-order valence-corrected chi connectivity index (χ1v) is 8.94. The fourth-order valence-electron chi connectivity index (χ4n) is 3.18. The minimum Gasteiger partial charge on any atom is -0.484 e. The summed E-state index contributed by atoms with van der Waals surface area (Å²) in [5.41, 5.74) is 6.92. The molecule has 0 unspecified atom stereocenters. The molecule has 5 nitrogen and oxygen atoms in total. The molecule has 2 aromatic carbocycles. The van der Waals surface area contributed by atoms with Gasteiger partial charge in [-0.25, -0.2) is 0 Å². The number of rotatable bonds is 6. The number of nitrogens with zero attached hydrogens (tertiary/aromatic N) is 1. The lowest BCUT2D eigenvalue weighted by Crippen LogP contribution is -2.33. The van der Waals surface area contributed by atoms with Crippen LogP contribution < -0.4 is 10.5 Å². The molecular formula is C20H21ClN2O3. The second kappa shape index (κ2) is 8.23. The monoisotopic (exact) mass is 372 g/mol. The van der Waals surface area contributed by atoms with Gasteiger partial charge in [-0.05, 0) is 60.7 Å². The van der Waals surface area contributed by atoms with Crippen molar-refractivity contribution in [2.75, 3.05) is 19.7 Å². The summed E-state index contributed by atoms with van der Waals surface area (Å²) in [5, 5.41) is 0.631. The van der Waals surface area contributed by atoms with Gasteiger partial charge in [0, 0.05) is 23.7 Å². The standard InChI is InChI=1S/C20H21ClN2O3/c21-17-4-6-18(7-5-17)26-13-19(24)23-9-8-15(12-23)10-14-2-1-3-16(11-14)20(22)25/h1-7,11,15H,8-10,12-13H2,(H2,22,25)/t15-/m1/s1. The zero-order valence-corrected chi connectivity index (χ0v) is 15.1. The van der Waals surface area contributed by atoms with Gasteiger partial charge in [0.1, 0.15) is 5.75 Å². The normalized spacial score (nSPS) is 16.5. The fraction of sp³-hybridized carbons (Fsp3) is 0.300. The van der Waals surface area contributed by atoms with Crippen molar-refractivity contribution in [2.45, 2.75) is 12.8 Å². The first-order valence-electron chi connectivity index (χ1n) is 8.56. The summed E-state index contributed by atoms with van der Waals surface area (Å²) in [6.07, 6.45) is 1.76. The van der Waals surface area contributed by atoms with E-state index < -0.39 is 5.91 Å². The minimum absolute atomic E-state index is 0.0194. The Kier molecular flexibility index (Phi) is 5.78. The highest BCUT2D eigenvalue weighted by molar-refractivity contribution is 6.30. The van der Waals surface area contributed by atoms with Crippen molar-refractivity contribution in [1.29, 1.82) is 0 Å². The zero-order valence-electron chi connectivity index (χ0n) is 14.4. The first kappa shape index (κ1) is 18.3. The molecule has 1 atom stereocenters. The molecule has 0 spiro atoms. The predicted molar refractivity (Wildman–Crippen MR) is 100 cm³/mol. The summed E-state index contributed by atoms with van der Waals surface area (Å²) in [6, 6.07) is 14.3. The van der Waals surface area contributed by atoms with Crippen LogP contribution in [0.15, 0.2) is 48.5 Å². The van der Waals surface area contributed by atoms with E-state index in [1.165, 1.54) is 0 Å². The van der Waals surface area contributed by atoms with Crippen molar-refractivity contribution >= 4 is 23.4 Å². The van der Waals surface area contributed by atoms with Gasteiger partial charge in [0.25, 0.3) is 5.91 Å². The van der Waals surface area contributed by atoms with Gasteiger partial charge in [0.15, 0.2) is 6.61 Å². The van der Waals surface area contributed by atoms with Crippen LogP contribution in [0.25, 0.3) is 0 Å². The molecule has 1 heterocycles. The molecule has 0 aliphatic carbocycles. The maximum Gasteiger partial charge on any atom is 0.260 e. The van der Waals surface area contributed by atoms with E-state index >= 15 is 0 Å². The molecule has 2 N–H and O–H groups in total. The number of benzene rings is 2. The zero-order chi connectivity index (χ0) is 18.5. The number of likely N-dealkylation sites (tertiary alicyclic amines) is 1. The van der Waals surface area contributed by atoms with Crippen LogP contribution in [0, 0.1) is 5.92 Å². The van der Waals surface area contributed by atoms with E-state index in [9.17, 15) is 9.59 Å². The van der Waals surface area contributed by atoms with Crippen LogP contribution in [0.4, 0.5) is 0 Å². The van der Waals surface area contributed by atoms with E-state index in [1.54, 1.807) is 30.3 Å². The maximum atomic E-state index is 12.3. The van der Waals surface area contributed by atoms with Crippen molar-refractivity contribution in [3.63, 3.8) is 0 Å². The highest BCUT2D eigenvalue weighted by atomic mass is 35.5. The smallest absolute Gasteiger partial charge is 0.260 e. The van der Waals surface area contributed by atoms with Crippen molar-refractivity contribution in [2.24, 2.45) is 11.7 Å². The van der Waals surface area contributed by atoms with Crippen LogP contribution in [-0.4, -0.2) is 36.4 Å². The van der Waals surface area contributed by atoms with Gasteiger partial charge in [-0.15, -0.1) is 0 Å². The number of carbonyl (C=O) groups is 2. The molecule has 1 saturated heterocycles. The number of hydrogen-bond donors (Lipinski definition) is 1. The van der Waals surface area contributed by atoms with Crippen LogP contribution in [-0.2, 0) is 11.2 Å². The lowest BCUT2D eigenvalue weighted by Gasteiger charge is -2.17. The molecule has 0 radical (unpaired) electrons. The third-order valence-electron chi connectivity index (χ3n) is 4.55. The molecule has 0 aromatic heterocycles. The number of halogens is 1. The number of nitrogens with two attached hydrogens (primary N) is 1. The summed E-state index contributed by atoms with van der Waals surface area (Å²) in [7, 11) is 0. The molecule has 2 amide bonds.